The van der Waals surface area contributed by atoms with Gasteiger partial charge in [-0.3, -0.25) is 14.7 Å². The summed E-state index contributed by atoms with van der Waals surface area (Å²) in [6, 6.07) is 15.5. The molecule has 0 radical (unpaired) electrons. The van der Waals surface area contributed by atoms with Gasteiger partial charge in [0.05, 0.1) is 18.7 Å². The molecular weight excluding hydrogens is 430 g/mol. The normalized spacial score (nSPS) is 12.8. The van der Waals surface area contributed by atoms with Crippen molar-refractivity contribution in [1.82, 2.24) is 15.2 Å². The van der Waals surface area contributed by atoms with E-state index in [1.54, 1.807) is 11.9 Å². The number of carbonyl (C=O) groups excluding carboxylic acids is 2. The first-order valence-corrected chi connectivity index (χ1v) is 10.9. The van der Waals surface area contributed by atoms with E-state index in [9.17, 15) is 9.59 Å². The molecule has 2 amide bonds. The predicted octanol–water partition coefficient (Wildman–Crippen LogP) is 3.32. The van der Waals surface area contributed by atoms with Crippen molar-refractivity contribution in [1.29, 1.82) is 0 Å². The number of anilines is 1. The Morgan fingerprint density at radius 1 is 1.21 bits per heavy atom. The van der Waals surface area contributed by atoms with Gasteiger partial charge in [-0.05, 0) is 44.5 Å². The van der Waals surface area contributed by atoms with Crippen LogP contribution >= 0.6 is 0 Å². The number of amides is 2. The molecule has 0 saturated heterocycles. The van der Waals surface area contributed by atoms with Crippen molar-refractivity contribution in [2.45, 2.75) is 33.6 Å². The van der Waals surface area contributed by atoms with E-state index in [2.05, 4.69) is 47.8 Å². The van der Waals surface area contributed by atoms with Crippen LogP contribution in [0.5, 0.6) is 5.75 Å². The minimum Gasteiger partial charge on any atom is -0.491 e. The lowest BCUT2D eigenvalue weighted by atomic mass is 9.97. The van der Waals surface area contributed by atoms with Gasteiger partial charge >= 0.3 is 0 Å². The van der Waals surface area contributed by atoms with E-state index in [4.69, 9.17) is 10.5 Å². The molecule has 0 bridgehead atoms. The van der Waals surface area contributed by atoms with Gasteiger partial charge in [0.15, 0.2) is 0 Å². The molecule has 0 aliphatic carbocycles. The summed E-state index contributed by atoms with van der Waals surface area (Å²) in [4.78, 5) is 28.2. The monoisotopic (exact) mass is 459 g/mol. The second kappa shape index (κ2) is 10.7. The third-order valence-electron chi connectivity index (χ3n) is 4.82. The van der Waals surface area contributed by atoms with E-state index >= 15 is 0 Å². The predicted molar refractivity (Wildman–Crippen MR) is 130 cm³/mol. The highest BCUT2D eigenvalue weighted by Crippen LogP contribution is 2.31. The van der Waals surface area contributed by atoms with E-state index in [0.717, 1.165) is 22.6 Å². The summed E-state index contributed by atoms with van der Waals surface area (Å²) in [6.45, 7) is 6.65. The fourth-order valence-electron chi connectivity index (χ4n) is 3.06. The SMILES string of the molecule is CN1C(=O)CCOc2ccc(C#CC(C)(C)C)cc21.NC(=O)c1n[nH]c(Cc2ccccc2)n1. The molecule has 3 N–H and O–H groups in total. The number of hydrogen-bond donors (Lipinski definition) is 2. The van der Waals surface area contributed by atoms with Crippen LogP contribution in [0.2, 0.25) is 0 Å². The van der Waals surface area contributed by atoms with Crippen molar-refractivity contribution in [3.05, 3.63) is 71.3 Å². The maximum absolute atomic E-state index is 11.8. The van der Waals surface area contributed by atoms with Crippen molar-refractivity contribution < 1.29 is 14.3 Å². The van der Waals surface area contributed by atoms with Crippen molar-refractivity contribution in [3.63, 3.8) is 0 Å². The fraction of sp³-hybridized carbons (Fsp3) is 0.308. The topological polar surface area (TPSA) is 114 Å². The van der Waals surface area contributed by atoms with Crippen molar-refractivity contribution >= 4 is 17.5 Å². The van der Waals surface area contributed by atoms with Crippen molar-refractivity contribution in [3.8, 4) is 17.6 Å². The molecule has 0 spiro atoms. The standard InChI is InChI=1S/C16H19NO2.C10H10N4O/c1-16(2,3)9-7-12-5-6-14-13(11-12)17(4)15(18)8-10-19-14;11-9(15)10-12-8(13-14-10)6-7-4-2-1-3-5-7/h5-6,11H,8,10H2,1-4H3;1-5H,6H2,(H2,11,15)(H,12,13,14). The van der Waals surface area contributed by atoms with Gasteiger partial charge in [-0.15, -0.1) is 5.10 Å². The third-order valence-corrected chi connectivity index (χ3v) is 4.82. The summed E-state index contributed by atoms with van der Waals surface area (Å²) in [6.07, 6.45) is 1.02. The number of benzene rings is 2. The van der Waals surface area contributed by atoms with Gasteiger partial charge in [-0.2, -0.15) is 0 Å². The summed E-state index contributed by atoms with van der Waals surface area (Å²) in [7, 11) is 1.77. The lowest BCUT2D eigenvalue weighted by Gasteiger charge is -2.16. The maximum atomic E-state index is 11.8. The molecule has 2 aromatic carbocycles. The molecule has 1 aromatic heterocycles. The van der Waals surface area contributed by atoms with E-state index < -0.39 is 5.91 Å². The molecule has 176 valence electrons. The number of fused-ring (bicyclic) bond motifs is 1. The number of hydrogen-bond acceptors (Lipinski definition) is 5. The van der Waals surface area contributed by atoms with Crippen LogP contribution in [0.4, 0.5) is 5.69 Å². The van der Waals surface area contributed by atoms with Gasteiger partial charge in [-0.1, -0.05) is 42.2 Å². The highest BCUT2D eigenvalue weighted by Gasteiger charge is 2.20. The van der Waals surface area contributed by atoms with Gasteiger partial charge in [0.1, 0.15) is 11.6 Å². The molecule has 1 aliphatic heterocycles. The molecule has 8 heteroatoms. The Morgan fingerprint density at radius 3 is 2.59 bits per heavy atom. The number of primary amides is 1. The van der Waals surface area contributed by atoms with Crippen LogP contribution in [-0.2, 0) is 11.2 Å². The van der Waals surface area contributed by atoms with Crippen LogP contribution in [0, 0.1) is 17.3 Å². The molecule has 0 saturated carbocycles. The molecule has 8 nitrogen and oxygen atoms in total. The van der Waals surface area contributed by atoms with Crippen LogP contribution in [0.3, 0.4) is 0 Å². The Bertz CT molecular complexity index is 1220. The average Bonchev–Trinajstić information content (AvgIpc) is 3.22. The summed E-state index contributed by atoms with van der Waals surface area (Å²) in [5.41, 5.74) is 7.80. The zero-order valence-electron chi connectivity index (χ0n) is 19.9. The molecule has 0 fully saturated rings. The second-order valence-corrected chi connectivity index (χ2v) is 8.87. The van der Waals surface area contributed by atoms with Gasteiger partial charge in [0, 0.05) is 24.4 Å². The Labute approximate surface area is 199 Å². The van der Waals surface area contributed by atoms with E-state index in [0.29, 0.717) is 25.3 Å². The van der Waals surface area contributed by atoms with E-state index in [-0.39, 0.29) is 17.1 Å². The molecule has 3 aromatic rings. The molecule has 1 aliphatic rings. The number of carbonyl (C=O) groups is 2. The zero-order chi connectivity index (χ0) is 24.7. The van der Waals surface area contributed by atoms with E-state index in [1.165, 1.54) is 0 Å². The highest BCUT2D eigenvalue weighted by atomic mass is 16.5. The molecule has 0 unspecified atom stereocenters. The fourth-order valence-corrected chi connectivity index (χ4v) is 3.06. The van der Waals surface area contributed by atoms with Crippen molar-refractivity contribution in [2.24, 2.45) is 11.1 Å². The maximum Gasteiger partial charge on any atom is 0.288 e. The van der Waals surface area contributed by atoms with Gasteiger partial charge < -0.3 is 15.4 Å². The molecule has 4 rings (SSSR count). The molecule has 0 atom stereocenters. The molecular formula is C26H29N5O3. The largest absolute Gasteiger partial charge is 0.491 e. The molecule has 2 heterocycles. The second-order valence-electron chi connectivity index (χ2n) is 8.87. The third kappa shape index (κ3) is 6.94. The number of ether oxygens (including phenoxy) is 1. The minimum atomic E-state index is -0.620. The van der Waals surface area contributed by atoms with Crippen molar-refractivity contribution in [2.75, 3.05) is 18.6 Å². The van der Waals surface area contributed by atoms with Gasteiger partial charge in [-0.25, -0.2) is 4.98 Å². The average molecular weight is 460 g/mol. The zero-order valence-corrected chi connectivity index (χ0v) is 19.9. The minimum absolute atomic E-state index is 0.0286. The van der Waals surface area contributed by atoms with Gasteiger partial charge in [0.2, 0.25) is 11.7 Å². The Balaban J connectivity index is 0.000000196. The first-order valence-electron chi connectivity index (χ1n) is 10.9. The number of aromatic amines is 1. The lowest BCUT2D eigenvalue weighted by Crippen LogP contribution is -2.25. The quantitative estimate of drug-likeness (QED) is 0.583. The Morgan fingerprint density at radius 2 is 1.94 bits per heavy atom. The number of nitrogens with zero attached hydrogens (tertiary/aromatic N) is 3. The number of nitrogens with two attached hydrogens (primary N) is 1. The smallest absolute Gasteiger partial charge is 0.288 e. The Hall–Kier alpha value is -4.12. The summed E-state index contributed by atoms with van der Waals surface area (Å²) >= 11 is 0. The van der Waals surface area contributed by atoms with Crippen LogP contribution in [0.1, 0.15) is 54.8 Å². The van der Waals surface area contributed by atoms with E-state index in [1.807, 2.05) is 48.5 Å². The molecule has 34 heavy (non-hydrogen) atoms. The van der Waals surface area contributed by atoms with Crippen LogP contribution in [-0.4, -0.2) is 40.7 Å². The Kier molecular flexibility index (Phi) is 7.69. The van der Waals surface area contributed by atoms with Gasteiger partial charge in [0.25, 0.3) is 5.91 Å². The number of H-pyrrole nitrogens is 1. The summed E-state index contributed by atoms with van der Waals surface area (Å²) < 4.78 is 5.58. The summed E-state index contributed by atoms with van der Waals surface area (Å²) in [5, 5.41) is 6.37. The van der Waals surface area contributed by atoms with Crippen LogP contribution in [0.25, 0.3) is 0 Å². The first-order chi connectivity index (χ1) is 16.1. The van der Waals surface area contributed by atoms with Crippen LogP contribution in [0.15, 0.2) is 48.5 Å². The first kappa shape index (κ1) is 24.5. The number of rotatable bonds is 3. The number of aromatic nitrogens is 3. The lowest BCUT2D eigenvalue weighted by molar-refractivity contribution is -0.118. The summed E-state index contributed by atoms with van der Waals surface area (Å²) in [5.74, 6) is 7.20. The highest BCUT2D eigenvalue weighted by molar-refractivity contribution is 5.95. The number of nitrogens with one attached hydrogen (secondary N) is 1. The van der Waals surface area contributed by atoms with Crippen LogP contribution < -0.4 is 15.4 Å².